The molecular formula is C32H32N4O5S. The van der Waals surface area contributed by atoms with Crippen LogP contribution < -0.4 is 15.5 Å². The van der Waals surface area contributed by atoms with Crippen molar-refractivity contribution < 1.29 is 22.7 Å². The fourth-order valence-electron chi connectivity index (χ4n) is 4.01. The van der Waals surface area contributed by atoms with Crippen LogP contribution in [0.5, 0.6) is 5.75 Å². The molecule has 0 saturated heterocycles. The molecule has 10 heteroatoms. The molecule has 0 aliphatic rings. The van der Waals surface area contributed by atoms with E-state index in [4.69, 9.17) is 4.74 Å². The van der Waals surface area contributed by atoms with Gasteiger partial charge in [-0.1, -0.05) is 60.7 Å². The highest BCUT2D eigenvalue weighted by Crippen LogP contribution is 2.19. The molecule has 0 fully saturated rings. The number of ether oxygens (including phenoxy) is 1. The number of amides is 2. The number of hydrogen-bond acceptors (Lipinski definition) is 6. The Morgan fingerprint density at radius 3 is 2.07 bits per heavy atom. The van der Waals surface area contributed by atoms with Crippen LogP contribution in [0.1, 0.15) is 23.6 Å². The second-order valence-corrected chi connectivity index (χ2v) is 11.4. The Hall–Kier alpha value is -4.80. The predicted molar refractivity (Wildman–Crippen MR) is 163 cm³/mol. The van der Waals surface area contributed by atoms with Crippen LogP contribution in [0, 0.1) is 0 Å². The van der Waals surface area contributed by atoms with Gasteiger partial charge < -0.3 is 10.1 Å². The molecule has 0 saturated carbocycles. The average molecular weight is 585 g/mol. The van der Waals surface area contributed by atoms with Crippen LogP contribution in [0.15, 0.2) is 119 Å². The Morgan fingerprint density at radius 1 is 0.833 bits per heavy atom. The summed E-state index contributed by atoms with van der Waals surface area (Å²) in [6.07, 6.45) is 1.89. The van der Waals surface area contributed by atoms with Gasteiger partial charge >= 0.3 is 0 Å². The number of carbonyl (C=O) groups is 2. The van der Waals surface area contributed by atoms with Crippen LogP contribution in [0.4, 0.5) is 5.69 Å². The first-order valence-electron chi connectivity index (χ1n) is 13.3. The molecule has 0 aliphatic heterocycles. The standard InChI is InChI=1S/C32H32N4O5S/c1-25(37)34-29-14-18-31(19-15-29)42(39,40)36(21-20-26-8-4-2-5-9-26)23-32(38)35-33-22-27-12-16-30(17-13-27)41-24-28-10-6-3-7-11-28/h2-19,22H,20-21,23-24H2,1H3,(H,34,37)(H,35,38)/b33-22-. The van der Waals surface area contributed by atoms with E-state index in [9.17, 15) is 18.0 Å². The summed E-state index contributed by atoms with van der Waals surface area (Å²) < 4.78 is 33.9. The molecule has 4 aromatic rings. The lowest BCUT2D eigenvalue weighted by Gasteiger charge is -2.21. The lowest BCUT2D eigenvalue weighted by Crippen LogP contribution is -2.40. The topological polar surface area (TPSA) is 117 Å². The number of hydrazone groups is 1. The number of nitrogens with zero attached hydrogens (tertiary/aromatic N) is 2. The summed E-state index contributed by atoms with van der Waals surface area (Å²) in [5.74, 6) is -0.148. The van der Waals surface area contributed by atoms with Crippen molar-refractivity contribution in [3.05, 3.63) is 126 Å². The third kappa shape index (κ3) is 9.12. The predicted octanol–water partition coefficient (Wildman–Crippen LogP) is 4.61. The molecule has 42 heavy (non-hydrogen) atoms. The number of nitrogens with one attached hydrogen (secondary N) is 2. The van der Waals surface area contributed by atoms with E-state index in [2.05, 4.69) is 15.8 Å². The second kappa shape index (κ2) is 14.7. The molecule has 0 spiro atoms. The van der Waals surface area contributed by atoms with Crippen molar-refractivity contribution in [3.63, 3.8) is 0 Å². The molecule has 2 amide bonds. The minimum Gasteiger partial charge on any atom is -0.489 e. The van der Waals surface area contributed by atoms with Crippen LogP contribution >= 0.6 is 0 Å². The summed E-state index contributed by atoms with van der Waals surface area (Å²) in [7, 11) is -4.03. The third-order valence-electron chi connectivity index (χ3n) is 6.16. The molecule has 9 nitrogen and oxygen atoms in total. The molecule has 0 heterocycles. The molecule has 0 aromatic heterocycles. The lowest BCUT2D eigenvalue weighted by atomic mass is 10.1. The Bertz CT molecular complexity index is 1590. The first-order valence-corrected chi connectivity index (χ1v) is 14.7. The molecule has 0 aliphatic carbocycles. The van der Waals surface area contributed by atoms with E-state index in [0.717, 1.165) is 21.0 Å². The maximum absolute atomic E-state index is 13.5. The molecular weight excluding hydrogens is 552 g/mol. The van der Waals surface area contributed by atoms with Gasteiger partial charge in [0.25, 0.3) is 5.91 Å². The monoisotopic (exact) mass is 584 g/mol. The zero-order valence-corrected chi connectivity index (χ0v) is 24.0. The van der Waals surface area contributed by atoms with Gasteiger partial charge in [0.1, 0.15) is 12.4 Å². The number of hydrogen-bond donors (Lipinski definition) is 2. The first kappa shape index (κ1) is 30.2. The fraction of sp³-hybridized carbons (Fsp3) is 0.156. The largest absolute Gasteiger partial charge is 0.489 e. The zero-order valence-electron chi connectivity index (χ0n) is 23.1. The van der Waals surface area contributed by atoms with Crippen molar-refractivity contribution in [3.8, 4) is 5.75 Å². The van der Waals surface area contributed by atoms with Gasteiger partial charge in [-0.25, -0.2) is 13.8 Å². The maximum Gasteiger partial charge on any atom is 0.255 e. The quantitative estimate of drug-likeness (QED) is 0.176. The van der Waals surface area contributed by atoms with Gasteiger partial charge in [-0.3, -0.25) is 9.59 Å². The average Bonchev–Trinajstić information content (AvgIpc) is 3.00. The summed E-state index contributed by atoms with van der Waals surface area (Å²) in [5.41, 5.74) is 5.63. The third-order valence-corrected chi connectivity index (χ3v) is 8.02. The van der Waals surface area contributed by atoms with Crippen molar-refractivity contribution in [2.75, 3.05) is 18.4 Å². The number of sulfonamides is 1. The number of anilines is 1. The Morgan fingerprint density at radius 2 is 1.45 bits per heavy atom. The Kier molecular flexibility index (Phi) is 10.6. The van der Waals surface area contributed by atoms with E-state index in [1.165, 1.54) is 37.4 Å². The normalized spacial score (nSPS) is 11.4. The first-order chi connectivity index (χ1) is 20.3. The van der Waals surface area contributed by atoms with Crippen LogP contribution in [-0.4, -0.2) is 43.8 Å². The molecule has 0 radical (unpaired) electrons. The fourth-order valence-corrected chi connectivity index (χ4v) is 5.41. The highest BCUT2D eigenvalue weighted by Gasteiger charge is 2.26. The van der Waals surface area contributed by atoms with Crippen molar-refractivity contribution in [2.24, 2.45) is 5.10 Å². The van der Waals surface area contributed by atoms with E-state index < -0.39 is 22.5 Å². The van der Waals surface area contributed by atoms with Gasteiger partial charge in [0, 0.05) is 19.2 Å². The maximum atomic E-state index is 13.5. The Balaban J connectivity index is 1.38. The van der Waals surface area contributed by atoms with Gasteiger partial charge in [-0.15, -0.1) is 0 Å². The van der Waals surface area contributed by atoms with Gasteiger partial charge in [0.05, 0.1) is 17.7 Å². The summed E-state index contributed by atoms with van der Waals surface area (Å²) in [6.45, 7) is 1.48. The highest BCUT2D eigenvalue weighted by atomic mass is 32.2. The molecule has 0 atom stereocenters. The van der Waals surface area contributed by atoms with Crippen molar-refractivity contribution in [1.82, 2.24) is 9.73 Å². The molecule has 216 valence electrons. The summed E-state index contributed by atoms with van der Waals surface area (Å²) in [6, 6.07) is 32.3. The molecule has 4 aromatic carbocycles. The summed E-state index contributed by atoms with van der Waals surface area (Å²) in [5, 5.41) is 6.61. The molecule has 4 rings (SSSR count). The van der Waals surface area contributed by atoms with Gasteiger partial charge in [-0.05, 0) is 71.6 Å². The molecule has 0 bridgehead atoms. The van der Waals surface area contributed by atoms with Crippen molar-refractivity contribution in [2.45, 2.75) is 24.8 Å². The minimum absolute atomic E-state index is 0.00976. The number of rotatable bonds is 13. The highest BCUT2D eigenvalue weighted by molar-refractivity contribution is 7.89. The number of benzene rings is 4. The van der Waals surface area contributed by atoms with Crippen LogP contribution in [0.2, 0.25) is 0 Å². The summed E-state index contributed by atoms with van der Waals surface area (Å²) in [4.78, 5) is 24.1. The SMILES string of the molecule is CC(=O)Nc1ccc(S(=O)(=O)N(CCc2ccccc2)CC(=O)N/N=C\c2ccc(OCc3ccccc3)cc2)cc1. The van der Waals surface area contributed by atoms with E-state index in [1.54, 1.807) is 24.3 Å². The van der Waals surface area contributed by atoms with Crippen molar-refractivity contribution in [1.29, 1.82) is 0 Å². The van der Waals surface area contributed by atoms with Crippen molar-refractivity contribution >= 4 is 33.7 Å². The van der Waals surface area contributed by atoms with Crippen LogP contribution in [0.3, 0.4) is 0 Å². The van der Waals surface area contributed by atoms with Gasteiger partial charge in [-0.2, -0.15) is 9.41 Å². The zero-order chi connectivity index (χ0) is 29.8. The minimum atomic E-state index is -4.03. The smallest absolute Gasteiger partial charge is 0.255 e. The molecule has 2 N–H and O–H groups in total. The van der Waals surface area contributed by atoms with E-state index in [1.807, 2.05) is 60.7 Å². The Labute approximate surface area is 245 Å². The van der Waals surface area contributed by atoms with Gasteiger partial charge in [0.15, 0.2) is 0 Å². The van der Waals surface area contributed by atoms with E-state index in [0.29, 0.717) is 24.5 Å². The van der Waals surface area contributed by atoms with Crippen LogP contribution in [-0.2, 0) is 32.6 Å². The van der Waals surface area contributed by atoms with E-state index in [-0.39, 0.29) is 17.3 Å². The van der Waals surface area contributed by atoms with Crippen LogP contribution in [0.25, 0.3) is 0 Å². The number of carbonyl (C=O) groups excluding carboxylic acids is 2. The second-order valence-electron chi connectivity index (χ2n) is 9.42. The molecule has 0 unspecified atom stereocenters. The summed E-state index contributed by atoms with van der Waals surface area (Å²) >= 11 is 0. The lowest BCUT2D eigenvalue weighted by molar-refractivity contribution is -0.121. The van der Waals surface area contributed by atoms with Gasteiger partial charge in [0.2, 0.25) is 15.9 Å². The van der Waals surface area contributed by atoms with E-state index >= 15 is 0 Å².